The summed E-state index contributed by atoms with van der Waals surface area (Å²) in [6, 6.07) is 7.63. The molecule has 98 valence electrons. The number of hydrogen-bond acceptors (Lipinski definition) is 2. The zero-order chi connectivity index (χ0) is 13.5. The molecule has 0 aliphatic rings. The zero-order valence-corrected chi connectivity index (χ0v) is 11.7. The number of aliphatic carboxylic acids is 1. The molecule has 1 aromatic rings. The second-order valence-electron chi connectivity index (χ2n) is 4.09. The third kappa shape index (κ3) is 5.31. The van der Waals surface area contributed by atoms with Crippen LogP contribution in [0.2, 0.25) is 0 Å². The van der Waals surface area contributed by atoms with Crippen molar-refractivity contribution in [1.29, 1.82) is 0 Å². The second kappa shape index (κ2) is 7.16. The van der Waals surface area contributed by atoms with Crippen molar-refractivity contribution >= 4 is 27.8 Å². The average Bonchev–Trinajstić information content (AvgIpc) is 2.28. The maximum Gasteiger partial charge on any atom is 0.303 e. The Bertz CT molecular complexity index is 434. The van der Waals surface area contributed by atoms with Gasteiger partial charge in [0.25, 0.3) is 0 Å². The van der Waals surface area contributed by atoms with Crippen LogP contribution in [0.25, 0.3) is 0 Å². The SMILES string of the molecule is C[C@@H](NC(=O)CCCC(=O)O)c1cccc(Br)c1. The molecule has 0 aliphatic heterocycles. The van der Waals surface area contributed by atoms with Crippen molar-refractivity contribution in [2.24, 2.45) is 0 Å². The lowest BCUT2D eigenvalue weighted by atomic mass is 10.1. The number of halogens is 1. The topological polar surface area (TPSA) is 66.4 Å². The number of carbonyl (C=O) groups excluding carboxylic acids is 1. The summed E-state index contributed by atoms with van der Waals surface area (Å²) in [7, 11) is 0. The van der Waals surface area contributed by atoms with Gasteiger partial charge in [0.2, 0.25) is 5.91 Å². The zero-order valence-electron chi connectivity index (χ0n) is 10.1. The molecule has 0 radical (unpaired) electrons. The molecule has 5 heteroatoms. The number of amides is 1. The van der Waals surface area contributed by atoms with Crippen molar-refractivity contribution in [1.82, 2.24) is 5.32 Å². The maximum absolute atomic E-state index is 11.6. The lowest BCUT2D eigenvalue weighted by Crippen LogP contribution is -2.26. The molecule has 0 fully saturated rings. The fourth-order valence-electron chi connectivity index (χ4n) is 1.57. The smallest absolute Gasteiger partial charge is 0.303 e. The molecule has 0 heterocycles. The molecule has 0 bridgehead atoms. The van der Waals surface area contributed by atoms with Gasteiger partial charge in [0.1, 0.15) is 0 Å². The first-order valence-corrected chi connectivity index (χ1v) is 6.55. The third-order valence-corrected chi connectivity index (χ3v) is 3.01. The van der Waals surface area contributed by atoms with Gasteiger partial charge in [-0.05, 0) is 31.0 Å². The van der Waals surface area contributed by atoms with Crippen molar-refractivity contribution in [3.05, 3.63) is 34.3 Å². The molecular weight excluding hydrogens is 298 g/mol. The predicted octanol–water partition coefficient (Wildman–Crippen LogP) is 2.88. The Kier molecular flexibility index (Phi) is 5.85. The van der Waals surface area contributed by atoms with E-state index in [1.165, 1.54) is 0 Å². The van der Waals surface area contributed by atoms with E-state index in [-0.39, 0.29) is 24.8 Å². The minimum Gasteiger partial charge on any atom is -0.481 e. The van der Waals surface area contributed by atoms with E-state index in [1.807, 2.05) is 31.2 Å². The minimum absolute atomic E-state index is 0.0265. The summed E-state index contributed by atoms with van der Waals surface area (Å²) < 4.78 is 0.965. The normalized spacial score (nSPS) is 11.9. The molecule has 0 aromatic heterocycles. The molecule has 1 atom stereocenters. The van der Waals surface area contributed by atoms with Gasteiger partial charge in [-0.25, -0.2) is 0 Å². The highest BCUT2D eigenvalue weighted by Gasteiger charge is 2.10. The van der Waals surface area contributed by atoms with Gasteiger partial charge in [-0.3, -0.25) is 9.59 Å². The van der Waals surface area contributed by atoms with Crippen LogP contribution in [-0.4, -0.2) is 17.0 Å². The Morgan fingerprint density at radius 3 is 2.72 bits per heavy atom. The van der Waals surface area contributed by atoms with E-state index >= 15 is 0 Å². The van der Waals surface area contributed by atoms with Crippen LogP contribution >= 0.6 is 15.9 Å². The van der Waals surface area contributed by atoms with Crippen LogP contribution in [0.15, 0.2) is 28.7 Å². The molecule has 4 nitrogen and oxygen atoms in total. The molecule has 1 aromatic carbocycles. The highest BCUT2D eigenvalue weighted by molar-refractivity contribution is 9.10. The van der Waals surface area contributed by atoms with E-state index in [2.05, 4.69) is 21.2 Å². The van der Waals surface area contributed by atoms with E-state index in [0.29, 0.717) is 6.42 Å². The lowest BCUT2D eigenvalue weighted by molar-refractivity contribution is -0.137. The summed E-state index contributed by atoms with van der Waals surface area (Å²) in [6.07, 6.45) is 0.635. The number of benzene rings is 1. The maximum atomic E-state index is 11.6. The van der Waals surface area contributed by atoms with Crippen molar-refractivity contribution in [2.45, 2.75) is 32.2 Å². The first-order valence-electron chi connectivity index (χ1n) is 5.75. The summed E-state index contributed by atoms with van der Waals surface area (Å²) in [5, 5.41) is 11.3. The van der Waals surface area contributed by atoms with E-state index in [4.69, 9.17) is 5.11 Å². The Labute approximate surface area is 115 Å². The minimum atomic E-state index is -0.872. The van der Waals surface area contributed by atoms with Crippen LogP contribution in [-0.2, 0) is 9.59 Å². The van der Waals surface area contributed by atoms with Crippen molar-refractivity contribution in [2.75, 3.05) is 0 Å². The summed E-state index contributed by atoms with van der Waals surface area (Å²) in [4.78, 5) is 21.9. The number of rotatable bonds is 6. The summed E-state index contributed by atoms with van der Waals surface area (Å²) in [6.45, 7) is 1.90. The van der Waals surface area contributed by atoms with Gasteiger partial charge in [0.05, 0.1) is 6.04 Å². The number of nitrogens with one attached hydrogen (secondary N) is 1. The predicted molar refractivity (Wildman–Crippen MR) is 72.2 cm³/mol. The molecule has 0 spiro atoms. The third-order valence-electron chi connectivity index (χ3n) is 2.52. The molecular formula is C13H16BrNO3. The first kappa shape index (κ1) is 14.7. The molecule has 2 N–H and O–H groups in total. The van der Waals surface area contributed by atoms with Gasteiger partial charge in [-0.15, -0.1) is 0 Å². The Balaban J connectivity index is 2.42. The van der Waals surface area contributed by atoms with Gasteiger partial charge >= 0.3 is 5.97 Å². The van der Waals surface area contributed by atoms with Crippen LogP contribution in [0.5, 0.6) is 0 Å². The fraction of sp³-hybridized carbons (Fsp3) is 0.385. The van der Waals surface area contributed by atoms with Gasteiger partial charge in [-0.1, -0.05) is 28.1 Å². The van der Waals surface area contributed by atoms with Crippen molar-refractivity contribution < 1.29 is 14.7 Å². The van der Waals surface area contributed by atoms with Crippen LogP contribution in [0.1, 0.15) is 37.8 Å². The van der Waals surface area contributed by atoms with Crippen LogP contribution in [0.4, 0.5) is 0 Å². The number of carboxylic acids is 1. The lowest BCUT2D eigenvalue weighted by Gasteiger charge is -2.14. The molecule has 0 aliphatic carbocycles. The van der Waals surface area contributed by atoms with Gasteiger partial charge in [0.15, 0.2) is 0 Å². The van der Waals surface area contributed by atoms with Gasteiger partial charge in [-0.2, -0.15) is 0 Å². The van der Waals surface area contributed by atoms with Crippen LogP contribution in [0.3, 0.4) is 0 Å². The highest BCUT2D eigenvalue weighted by Crippen LogP contribution is 2.17. The largest absolute Gasteiger partial charge is 0.481 e. The van der Waals surface area contributed by atoms with E-state index in [0.717, 1.165) is 10.0 Å². The molecule has 0 saturated carbocycles. The van der Waals surface area contributed by atoms with E-state index in [9.17, 15) is 9.59 Å². The summed E-state index contributed by atoms with van der Waals surface area (Å²) in [5.74, 6) is -0.994. The molecule has 0 unspecified atom stereocenters. The Morgan fingerprint density at radius 1 is 1.39 bits per heavy atom. The molecule has 1 amide bonds. The molecule has 18 heavy (non-hydrogen) atoms. The number of carboxylic acid groups (broad SMARTS) is 1. The van der Waals surface area contributed by atoms with Gasteiger partial charge in [0, 0.05) is 17.3 Å². The van der Waals surface area contributed by atoms with E-state index < -0.39 is 5.97 Å². The van der Waals surface area contributed by atoms with Crippen molar-refractivity contribution in [3.8, 4) is 0 Å². The first-order chi connectivity index (χ1) is 8.49. The monoisotopic (exact) mass is 313 g/mol. The van der Waals surface area contributed by atoms with Crippen LogP contribution < -0.4 is 5.32 Å². The second-order valence-corrected chi connectivity index (χ2v) is 5.01. The van der Waals surface area contributed by atoms with Crippen molar-refractivity contribution in [3.63, 3.8) is 0 Å². The Hall–Kier alpha value is -1.36. The van der Waals surface area contributed by atoms with Crippen LogP contribution in [0, 0.1) is 0 Å². The number of carbonyl (C=O) groups is 2. The number of hydrogen-bond donors (Lipinski definition) is 2. The standard InChI is InChI=1S/C13H16BrNO3/c1-9(10-4-2-5-11(14)8-10)15-12(16)6-3-7-13(17)18/h2,4-5,8-9H,3,6-7H2,1H3,(H,15,16)(H,17,18)/t9-/m1/s1. The molecule has 1 rings (SSSR count). The summed E-state index contributed by atoms with van der Waals surface area (Å²) in [5.41, 5.74) is 1.01. The van der Waals surface area contributed by atoms with E-state index in [1.54, 1.807) is 0 Å². The quantitative estimate of drug-likeness (QED) is 0.848. The fourth-order valence-corrected chi connectivity index (χ4v) is 1.99. The highest BCUT2D eigenvalue weighted by atomic mass is 79.9. The summed E-state index contributed by atoms with van der Waals surface area (Å²) >= 11 is 3.38. The average molecular weight is 314 g/mol. The van der Waals surface area contributed by atoms with Gasteiger partial charge < -0.3 is 10.4 Å². The Morgan fingerprint density at radius 2 is 2.11 bits per heavy atom. The molecule has 0 saturated heterocycles.